The first-order valence-electron chi connectivity index (χ1n) is 5.27. The first-order chi connectivity index (χ1) is 8.28. The van der Waals surface area contributed by atoms with Gasteiger partial charge in [0, 0.05) is 13.7 Å². The Morgan fingerprint density at radius 2 is 2.00 bits per heavy atom. The van der Waals surface area contributed by atoms with Crippen molar-refractivity contribution in [2.24, 2.45) is 0 Å². The molecule has 0 aliphatic heterocycles. The zero-order chi connectivity index (χ0) is 14.2. The van der Waals surface area contributed by atoms with Crippen LogP contribution in [-0.2, 0) is 24.3 Å². The molecule has 0 bridgehead atoms. The highest BCUT2D eigenvalue weighted by molar-refractivity contribution is 7.89. The lowest BCUT2D eigenvalue weighted by atomic mass is 10.3. The Labute approximate surface area is 106 Å². The SMILES string of the molecule is COCCNC(=O)C(C)NS(=O)(=O)CCC(=O)O. The van der Waals surface area contributed by atoms with Crippen LogP contribution < -0.4 is 10.0 Å². The van der Waals surface area contributed by atoms with E-state index in [1.165, 1.54) is 14.0 Å². The molecule has 0 aliphatic rings. The largest absolute Gasteiger partial charge is 0.481 e. The maximum absolute atomic E-state index is 11.4. The highest BCUT2D eigenvalue weighted by atomic mass is 32.2. The van der Waals surface area contributed by atoms with Gasteiger partial charge in [-0.2, -0.15) is 0 Å². The summed E-state index contributed by atoms with van der Waals surface area (Å²) in [5.74, 6) is -2.26. The first kappa shape index (κ1) is 16.8. The fraction of sp³-hybridized carbons (Fsp3) is 0.778. The second kappa shape index (κ2) is 8.01. The third-order valence-electron chi connectivity index (χ3n) is 1.94. The Balaban J connectivity index is 4.16. The van der Waals surface area contributed by atoms with E-state index in [0.29, 0.717) is 6.61 Å². The summed E-state index contributed by atoms with van der Waals surface area (Å²) in [6.45, 7) is 1.97. The third kappa shape index (κ3) is 7.98. The molecular formula is C9H18N2O6S. The molecule has 0 fully saturated rings. The van der Waals surface area contributed by atoms with Gasteiger partial charge in [-0.15, -0.1) is 0 Å². The van der Waals surface area contributed by atoms with E-state index >= 15 is 0 Å². The number of amides is 1. The Morgan fingerprint density at radius 1 is 1.39 bits per heavy atom. The molecule has 3 N–H and O–H groups in total. The molecule has 0 saturated heterocycles. The van der Waals surface area contributed by atoms with E-state index in [-0.39, 0.29) is 6.54 Å². The van der Waals surface area contributed by atoms with Gasteiger partial charge in [0.05, 0.1) is 24.8 Å². The van der Waals surface area contributed by atoms with Crippen molar-refractivity contribution in [3.05, 3.63) is 0 Å². The third-order valence-corrected chi connectivity index (χ3v) is 3.39. The summed E-state index contributed by atoms with van der Waals surface area (Å²) >= 11 is 0. The average molecular weight is 282 g/mol. The van der Waals surface area contributed by atoms with Crippen LogP contribution in [0.4, 0.5) is 0 Å². The van der Waals surface area contributed by atoms with E-state index in [2.05, 4.69) is 10.0 Å². The van der Waals surface area contributed by atoms with Crippen molar-refractivity contribution in [2.45, 2.75) is 19.4 Å². The second-order valence-electron chi connectivity index (χ2n) is 3.59. The highest BCUT2D eigenvalue weighted by Gasteiger charge is 2.20. The predicted molar refractivity (Wildman–Crippen MR) is 63.5 cm³/mol. The molecule has 0 radical (unpaired) electrons. The van der Waals surface area contributed by atoms with Gasteiger partial charge in [-0.05, 0) is 6.92 Å². The van der Waals surface area contributed by atoms with Gasteiger partial charge >= 0.3 is 5.97 Å². The van der Waals surface area contributed by atoms with Gasteiger partial charge < -0.3 is 15.2 Å². The molecule has 1 amide bonds. The molecule has 0 heterocycles. The quantitative estimate of drug-likeness (QED) is 0.444. The number of carbonyl (C=O) groups is 2. The molecule has 0 aromatic carbocycles. The molecule has 1 atom stereocenters. The molecule has 18 heavy (non-hydrogen) atoms. The number of hydrogen-bond donors (Lipinski definition) is 3. The number of aliphatic carboxylic acids is 1. The number of rotatable bonds is 9. The van der Waals surface area contributed by atoms with Crippen molar-refractivity contribution >= 4 is 21.9 Å². The van der Waals surface area contributed by atoms with E-state index < -0.39 is 40.1 Å². The summed E-state index contributed by atoms with van der Waals surface area (Å²) in [6, 6.07) is -0.958. The Hall–Kier alpha value is -1.19. The number of carbonyl (C=O) groups excluding carboxylic acids is 1. The summed E-state index contributed by atoms with van der Waals surface area (Å²) in [4.78, 5) is 21.7. The average Bonchev–Trinajstić information content (AvgIpc) is 2.26. The van der Waals surface area contributed by atoms with Crippen LogP contribution in [0, 0.1) is 0 Å². The maximum atomic E-state index is 11.4. The van der Waals surface area contributed by atoms with Crippen LogP contribution in [0.1, 0.15) is 13.3 Å². The van der Waals surface area contributed by atoms with Crippen molar-refractivity contribution < 1.29 is 27.9 Å². The van der Waals surface area contributed by atoms with Crippen LogP contribution in [-0.4, -0.2) is 57.5 Å². The molecule has 0 saturated carbocycles. The lowest BCUT2D eigenvalue weighted by Crippen LogP contribution is -2.46. The molecular weight excluding hydrogens is 264 g/mol. The number of hydrogen-bond acceptors (Lipinski definition) is 5. The minimum Gasteiger partial charge on any atom is -0.481 e. The number of ether oxygens (including phenoxy) is 1. The summed E-state index contributed by atoms with van der Waals surface area (Å²) in [5, 5.41) is 10.8. The lowest BCUT2D eigenvalue weighted by Gasteiger charge is -2.13. The van der Waals surface area contributed by atoms with E-state index in [1.807, 2.05) is 0 Å². The van der Waals surface area contributed by atoms with Gasteiger partial charge in [0.25, 0.3) is 0 Å². The summed E-state index contributed by atoms with van der Waals surface area (Å²) in [5.41, 5.74) is 0. The Bertz CT molecular complexity index is 381. The maximum Gasteiger partial charge on any atom is 0.304 e. The van der Waals surface area contributed by atoms with E-state index in [4.69, 9.17) is 9.84 Å². The van der Waals surface area contributed by atoms with Crippen molar-refractivity contribution in [3.8, 4) is 0 Å². The Kier molecular flexibility index (Phi) is 7.48. The lowest BCUT2D eigenvalue weighted by molar-refractivity contribution is -0.136. The van der Waals surface area contributed by atoms with E-state index in [1.54, 1.807) is 0 Å². The molecule has 106 valence electrons. The van der Waals surface area contributed by atoms with Crippen LogP contribution in [0.3, 0.4) is 0 Å². The number of sulfonamides is 1. The van der Waals surface area contributed by atoms with Gasteiger partial charge in [-0.3, -0.25) is 9.59 Å². The van der Waals surface area contributed by atoms with Crippen molar-refractivity contribution in [1.29, 1.82) is 0 Å². The zero-order valence-electron chi connectivity index (χ0n) is 10.3. The smallest absolute Gasteiger partial charge is 0.304 e. The van der Waals surface area contributed by atoms with Gasteiger partial charge in [-0.25, -0.2) is 13.1 Å². The van der Waals surface area contributed by atoms with Crippen molar-refractivity contribution in [3.63, 3.8) is 0 Å². The highest BCUT2D eigenvalue weighted by Crippen LogP contribution is 1.93. The fourth-order valence-corrected chi connectivity index (χ4v) is 2.24. The van der Waals surface area contributed by atoms with Gasteiger partial charge in [0.1, 0.15) is 0 Å². The minimum absolute atomic E-state index is 0.274. The van der Waals surface area contributed by atoms with Crippen LogP contribution in [0.25, 0.3) is 0 Å². The van der Waals surface area contributed by atoms with Gasteiger partial charge in [0.2, 0.25) is 15.9 Å². The molecule has 0 rings (SSSR count). The Morgan fingerprint density at radius 3 is 2.50 bits per heavy atom. The molecule has 0 aliphatic carbocycles. The topological polar surface area (TPSA) is 122 Å². The van der Waals surface area contributed by atoms with E-state index in [9.17, 15) is 18.0 Å². The number of carboxylic acid groups (broad SMARTS) is 1. The summed E-state index contributed by atoms with van der Waals surface area (Å²) < 4.78 is 29.6. The number of methoxy groups -OCH3 is 1. The van der Waals surface area contributed by atoms with Gasteiger partial charge in [0.15, 0.2) is 0 Å². The van der Waals surface area contributed by atoms with Gasteiger partial charge in [-0.1, -0.05) is 0 Å². The number of carboxylic acids is 1. The molecule has 0 aromatic heterocycles. The molecule has 0 spiro atoms. The second-order valence-corrected chi connectivity index (χ2v) is 5.46. The first-order valence-corrected chi connectivity index (χ1v) is 6.92. The normalized spacial score (nSPS) is 13.0. The molecule has 1 unspecified atom stereocenters. The fourth-order valence-electron chi connectivity index (χ4n) is 1.03. The molecule has 0 aromatic rings. The van der Waals surface area contributed by atoms with Crippen molar-refractivity contribution in [1.82, 2.24) is 10.0 Å². The van der Waals surface area contributed by atoms with Crippen molar-refractivity contribution in [2.75, 3.05) is 26.0 Å². The number of nitrogens with one attached hydrogen (secondary N) is 2. The molecule has 8 nitrogen and oxygen atoms in total. The van der Waals surface area contributed by atoms with Crippen LogP contribution >= 0.6 is 0 Å². The minimum atomic E-state index is -3.77. The van der Waals surface area contributed by atoms with Crippen LogP contribution in [0.5, 0.6) is 0 Å². The summed E-state index contributed by atoms with van der Waals surface area (Å²) in [6.07, 6.45) is -0.507. The monoisotopic (exact) mass is 282 g/mol. The van der Waals surface area contributed by atoms with E-state index in [0.717, 1.165) is 0 Å². The predicted octanol–water partition coefficient (Wildman–Crippen LogP) is -1.47. The van der Waals surface area contributed by atoms with Crippen LogP contribution in [0.2, 0.25) is 0 Å². The molecule has 9 heteroatoms. The summed E-state index contributed by atoms with van der Waals surface area (Å²) in [7, 11) is -2.30. The standard InChI is InChI=1S/C9H18N2O6S/c1-7(9(14)10-4-5-17-2)11-18(15,16)6-3-8(12)13/h7,11H,3-6H2,1-2H3,(H,10,14)(H,12,13). The van der Waals surface area contributed by atoms with Crippen LogP contribution in [0.15, 0.2) is 0 Å². The zero-order valence-corrected chi connectivity index (χ0v) is 11.1.